The molecule has 1 fully saturated rings. The quantitative estimate of drug-likeness (QED) is 0.668. The molecule has 1 aliphatic heterocycles. The molecule has 3 N–H and O–H groups in total. The highest BCUT2D eigenvalue weighted by molar-refractivity contribution is 5.80. The lowest BCUT2D eigenvalue weighted by molar-refractivity contribution is -0.124. The lowest BCUT2D eigenvalue weighted by Crippen LogP contribution is -2.35. The summed E-state index contributed by atoms with van der Waals surface area (Å²) < 4.78 is 0. The van der Waals surface area contributed by atoms with Crippen LogP contribution in [0.5, 0.6) is 0 Å². The van der Waals surface area contributed by atoms with E-state index in [0.717, 1.165) is 18.5 Å². The topological polar surface area (TPSA) is 53.2 Å². The van der Waals surface area contributed by atoms with Gasteiger partial charge in [0.05, 0.1) is 12.0 Å². The zero-order chi connectivity index (χ0) is 14.2. The SMILES string of the molecule is CCCCCCNC(=O)C1CNNC1c1ccccc1. The highest BCUT2D eigenvalue weighted by Crippen LogP contribution is 2.24. The van der Waals surface area contributed by atoms with Gasteiger partial charge in [-0.1, -0.05) is 56.5 Å². The van der Waals surface area contributed by atoms with Gasteiger partial charge in [0.1, 0.15) is 0 Å². The average molecular weight is 275 g/mol. The van der Waals surface area contributed by atoms with E-state index in [2.05, 4.69) is 35.2 Å². The van der Waals surface area contributed by atoms with Crippen molar-refractivity contribution in [3.8, 4) is 0 Å². The molecule has 0 saturated carbocycles. The van der Waals surface area contributed by atoms with E-state index in [9.17, 15) is 4.79 Å². The zero-order valence-corrected chi connectivity index (χ0v) is 12.2. The van der Waals surface area contributed by atoms with Crippen LogP contribution in [-0.2, 0) is 4.79 Å². The molecule has 0 aliphatic carbocycles. The number of carbonyl (C=O) groups is 1. The molecular formula is C16H25N3O. The first kappa shape index (κ1) is 15.0. The summed E-state index contributed by atoms with van der Waals surface area (Å²) in [6.07, 6.45) is 4.73. The maximum absolute atomic E-state index is 12.3. The van der Waals surface area contributed by atoms with Crippen LogP contribution in [0.25, 0.3) is 0 Å². The Kier molecular flexibility index (Phi) is 6.02. The van der Waals surface area contributed by atoms with Gasteiger partial charge < -0.3 is 5.32 Å². The van der Waals surface area contributed by atoms with Gasteiger partial charge in [-0.25, -0.2) is 5.43 Å². The molecular weight excluding hydrogens is 250 g/mol. The third-order valence-electron chi connectivity index (χ3n) is 3.81. The van der Waals surface area contributed by atoms with Crippen molar-refractivity contribution in [2.45, 2.75) is 38.6 Å². The van der Waals surface area contributed by atoms with E-state index in [1.54, 1.807) is 0 Å². The summed E-state index contributed by atoms with van der Waals surface area (Å²) in [7, 11) is 0. The van der Waals surface area contributed by atoms with Crippen molar-refractivity contribution in [3.05, 3.63) is 35.9 Å². The van der Waals surface area contributed by atoms with E-state index in [1.807, 2.05) is 18.2 Å². The first-order valence-electron chi connectivity index (χ1n) is 7.64. The van der Waals surface area contributed by atoms with Crippen molar-refractivity contribution in [1.82, 2.24) is 16.2 Å². The molecule has 1 saturated heterocycles. The normalized spacial score (nSPS) is 21.9. The summed E-state index contributed by atoms with van der Waals surface area (Å²) in [6, 6.07) is 10.2. The first-order valence-corrected chi connectivity index (χ1v) is 7.64. The Morgan fingerprint density at radius 2 is 2.05 bits per heavy atom. The summed E-state index contributed by atoms with van der Waals surface area (Å²) in [6.45, 7) is 3.66. The fourth-order valence-corrected chi connectivity index (χ4v) is 2.61. The molecule has 0 aromatic heterocycles. The van der Waals surface area contributed by atoms with Gasteiger partial charge in [0, 0.05) is 13.1 Å². The second-order valence-corrected chi connectivity index (χ2v) is 5.37. The van der Waals surface area contributed by atoms with E-state index in [-0.39, 0.29) is 17.9 Å². The van der Waals surface area contributed by atoms with Crippen LogP contribution in [-0.4, -0.2) is 19.0 Å². The zero-order valence-electron chi connectivity index (χ0n) is 12.2. The van der Waals surface area contributed by atoms with Crippen LogP contribution in [0, 0.1) is 5.92 Å². The third kappa shape index (κ3) is 4.05. The molecule has 0 spiro atoms. The molecule has 2 unspecified atom stereocenters. The number of amides is 1. The Bertz CT molecular complexity index is 407. The average Bonchev–Trinajstić information content (AvgIpc) is 2.97. The molecule has 0 bridgehead atoms. The van der Waals surface area contributed by atoms with Crippen molar-refractivity contribution in [1.29, 1.82) is 0 Å². The standard InChI is InChI=1S/C16H25N3O/c1-2-3-4-8-11-17-16(20)14-12-18-19-15(14)13-9-6-5-7-10-13/h5-7,9-10,14-15,18-19H,2-4,8,11-12H2,1H3,(H,17,20). The Morgan fingerprint density at radius 1 is 1.25 bits per heavy atom. The van der Waals surface area contributed by atoms with Gasteiger partial charge in [-0.2, -0.15) is 0 Å². The number of nitrogens with one attached hydrogen (secondary N) is 3. The molecule has 20 heavy (non-hydrogen) atoms. The van der Waals surface area contributed by atoms with Gasteiger partial charge in [0.25, 0.3) is 0 Å². The predicted molar refractivity (Wildman–Crippen MR) is 81.0 cm³/mol. The van der Waals surface area contributed by atoms with Crippen molar-refractivity contribution in [3.63, 3.8) is 0 Å². The third-order valence-corrected chi connectivity index (χ3v) is 3.81. The predicted octanol–water partition coefficient (Wildman–Crippen LogP) is 2.15. The van der Waals surface area contributed by atoms with E-state index >= 15 is 0 Å². The molecule has 2 rings (SSSR count). The number of unbranched alkanes of at least 4 members (excludes halogenated alkanes) is 3. The van der Waals surface area contributed by atoms with E-state index in [1.165, 1.54) is 19.3 Å². The van der Waals surface area contributed by atoms with Crippen molar-refractivity contribution < 1.29 is 4.79 Å². The Hall–Kier alpha value is -1.39. The number of carbonyl (C=O) groups excluding carboxylic acids is 1. The second kappa shape index (κ2) is 8.02. The van der Waals surface area contributed by atoms with Gasteiger partial charge >= 0.3 is 0 Å². The van der Waals surface area contributed by atoms with E-state index in [4.69, 9.17) is 0 Å². The van der Waals surface area contributed by atoms with E-state index in [0.29, 0.717) is 6.54 Å². The number of hydrazine groups is 1. The Balaban J connectivity index is 1.83. The molecule has 110 valence electrons. The maximum Gasteiger partial charge on any atom is 0.226 e. The molecule has 0 radical (unpaired) electrons. The minimum atomic E-state index is -0.0384. The first-order chi connectivity index (χ1) is 9.83. The molecule has 1 heterocycles. The molecule has 1 aliphatic rings. The molecule has 4 heteroatoms. The van der Waals surface area contributed by atoms with Crippen LogP contribution in [0.15, 0.2) is 30.3 Å². The van der Waals surface area contributed by atoms with Gasteiger partial charge in [-0.05, 0) is 12.0 Å². The minimum Gasteiger partial charge on any atom is -0.356 e. The summed E-state index contributed by atoms with van der Waals surface area (Å²) in [5.74, 6) is 0.108. The summed E-state index contributed by atoms with van der Waals surface area (Å²) in [5.41, 5.74) is 7.46. The molecule has 1 aromatic carbocycles. The van der Waals surface area contributed by atoms with Crippen LogP contribution in [0.2, 0.25) is 0 Å². The largest absolute Gasteiger partial charge is 0.356 e. The van der Waals surface area contributed by atoms with Crippen LogP contribution >= 0.6 is 0 Å². The smallest absolute Gasteiger partial charge is 0.226 e. The Morgan fingerprint density at radius 3 is 2.80 bits per heavy atom. The maximum atomic E-state index is 12.3. The van der Waals surface area contributed by atoms with Crippen molar-refractivity contribution in [2.24, 2.45) is 5.92 Å². The van der Waals surface area contributed by atoms with Crippen LogP contribution in [0.3, 0.4) is 0 Å². The lowest BCUT2D eigenvalue weighted by Gasteiger charge is -2.18. The van der Waals surface area contributed by atoms with Gasteiger partial charge in [-0.3, -0.25) is 10.2 Å². The molecule has 1 aromatic rings. The molecule has 4 nitrogen and oxygen atoms in total. The molecule has 2 atom stereocenters. The van der Waals surface area contributed by atoms with Crippen molar-refractivity contribution >= 4 is 5.91 Å². The highest BCUT2D eigenvalue weighted by atomic mass is 16.2. The fraction of sp³-hybridized carbons (Fsp3) is 0.562. The molecule has 1 amide bonds. The minimum absolute atomic E-state index is 0.0384. The summed E-state index contributed by atoms with van der Waals surface area (Å²) >= 11 is 0. The van der Waals surface area contributed by atoms with Crippen LogP contribution < -0.4 is 16.2 Å². The number of rotatable bonds is 7. The van der Waals surface area contributed by atoms with Crippen molar-refractivity contribution in [2.75, 3.05) is 13.1 Å². The van der Waals surface area contributed by atoms with Gasteiger partial charge in [-0.15, -0.1) is 0 Å². The second-order valence-electron chi connectivity index (χ2n) is 5.37. The fourth-order valence-electron chi connectivity index (χ4n) is 2.61. The van der Waals surface area contributed by atoms with Crippen LogP contribution in [0.4, 0.5) is 0 Å². The number of hydrogen-bond donors (Lipinski definition) is 3. The van der Waals surface area contributed by atoms with Gasteiger partial charge in [0.2, 0.25) is 5.91 Å². The number of hydrogen-bond acceptors (Lipinski definition) is 3. The van der Waals surface area contributed by atoms with Gasteiger partial charge in [0.15, 0.2) is 0 Å². The lowest BCUT2D eigenvalue weighted by atomic mass is 9.94. The summed E-state index contributed by atoms with van der Waals surface area (Å²) in [4.78, 5) is 12.3. The van der Waals surface area contributed by atoms with Crippen LogP contribution in [0.1, 0.15) is 44.2 Å². The number of benzene rings is 1. The monoisotopic (exact) mass is 275 g/mol. The van der Waals surface area contributed by atoms with E-state index < -0.39 is 0 Å². The Labute approximate surface area is 121 Å². The highest BCUT2D eigenvalue weighted by Gasteiger charge is 2.33. The summed E-state index contributed by atoms with van der Waals surface area (Å²) in [5, 5.41) is 3.06.